The van der Waals surface area contributed by atoms with Crippen LogP contribution in [0.5, 0.6) is 0 Å². The highest BCUT2D eigenvalue weighted by atomic mass is 16.5. The number of aryl methyl sites for hydroxylation is 5. The maximum Gasteiger partial charge on any atom is 0.265 e. The fraction of sp³-hybridized carbons (Fsp3) is 0.293. The maximum absolute atomic E-state index is 9.43. The van der Waals surface area contributed by atoms with Gasteiger partial charge in [-0.1, -0.05) is 142 Å². The second-order valence-corrected chi connectivity index (χ2v) is 35.0. The van der Waals surface area contributed by atoms with Crippen molar-refractivity contribution in [1.82, 2.24) is 0 Å². The zero-order valence-electron chi connectivity index (χ0n) is 80.6. The lowest BCUT2D eigenvalue weighted by Crippen LogP contribution is -2.29. The number of ether oxygens (including phenoxy) is 5. The van der Waals surface area contributed by atoms with E-state index in [9.17, 15) is 10.5 Å². The molecule has 3 unspecified atom stereocenters. The molecule has 0 saturated heterocycles. The van der Waals surface area contributed by atoms with Crippen molar-refractivity contribution in [3.05, 3.63) is 421 Å². The number of nitrogens with zero attached hydrogens (tertiary/aromatic N) is 15. The minimum absolute atomic E-state index is 0.0490. The van der Waals surface area contributed by atoms with Crippen molar-refractivity contribution in [2.24, 2.45) is 0 Å². The Kier molecular flexibility index (Phi) is 36.7. The van der Waals surface area contributed by atoms with Crippen molar-refractivity contribution >= 4 is 58.8 Å². The Hall–Kier alpha value is -16.5. The molecule has 20 nitrogen and oxygen atoms in total. The van der Waals surface area contributed by atoms with E-state index < -0.39 is 11.2 Å². The van der Waals surface area contributed by atoms with Gasteiger partial charge in [0.05, 0.1) is 75.9 Å². The highest BCUT2D eigenvalue weighted by Crippen LogP contribution is 2.43. The van der Waals surface area contributed by atoms with Gasteiger partial charge >= 0.3 is 0 Å². The Balaban J connectivity index is 0.000000176. The molecule has 7 heterocycles. The van der Waals surface area contributed by atoms with Crippen molar-refractivity contribution < 1.29 is 23.7 Å². The van der Waals surface area contributed by atoms with Crippen LogP contribution in [0, 0.1) is 89.5 Å². The molecule has 20 heteroatoms. The summed E-state index contributed by atoms with van der Waals surface area (Å²) >= 11 is 0. The Morgan fingerprint density at radius 3 is 1.20 bits per heavy atom. The Bertz CT molecular complexity index is 6480. The van der Waals surface area contributed by atoms with Gasteiger partial charge in [0.15, 0.2) is 0 Å². The minimum Gasteiger partial charge on any atom is -0.493 e. The molecule has 0 aliphatic carbocycles. The lowest BCUT2D eigenvalue weighted by molar-refractivity contribution is 0.0143. The van der Waals surface area contributed by atoms with Crippen LogP contribution in [0.15, 0.2) is 298 Å². The predicted octanol–water partition coefficient (Wildman–Crippen LogP) is 26.0. The fourth-order valence-electron chi connectivity index (χ4n) is 17.0. The van der Waals surface area contributed by atoms with Gasteiger partial charge in [0.1, 0.15) is 46.1 Å². The summed E-state index contributed by atoms with van der Waals surface area (Å²) in [6.07, 6.45) is 38.6. The second-order valence-electron chi connectivity index (χ2n) is 35.0. The summed E-state index contributed by atoms with van der Waals surface area (Å²) in [5.74, 6) is 3.35. The van der Waals surface area contributed by atoms with E-state index in [1.165, 1.54) is 69.1 Å². The number of hydrogen-bond donors (Lipinski definition) is 0. The first-order valence-electron chi connectivity index (χ1n) is 45.6. The van der Waals surface area contributed by atoms with Gasteiger partial charge in [0, 0.05) is 124 Å². The first-order chi connectivity index (χ1) is 65.5. The third-order valence-electron chi connectivity index (χ3n) is 23.8. The van der Waals surface area contributed by atoms with Gasteiger partial charge in [-0.3, -0.25) is 0 Å². The molecule has 136 heavy (non-hydrogen) atoms. The highest BCUT2D eigenvalue weighted by molar-refractivity contribution is 5.68. The summed E-state index contributed by atoms with van der Waals surface area (Å²) in [4.78, 5) is 27.7. The highest BCUT2D eigenvalue weighted by Gasteiger charge is 2.35. The van der Waals surface area contributed by atoms with Crippen molar-refractivity contribution in [3.63, 3.8) is 0 Å². The maximum atomic E-state index is 9.43. The number of allylic oxidation sites excluding steroid dienone is 15. The van der Waals surface area contributed by atoms with Gasteiger partial charge in [0.25, 0.3) is 28.5 Å². The smallest absolute Gasteiger partial charge is 0.265 e. The van der Waals surface area contributed by atoms with E-state index in [1.54, 1.807) is 18.2 Å². The summed E-state index contributed by atoms with van der Waals surface area (Å²) in [7, 11) is 16.5. The first-order valence-corrected chi connectivity index (χ1v) is 45.6. The summed E-state index contributed by atoms with van der Waals surface area (Å²) in [6.45, 7) is 53.1. The molecule has 0 saturated carbocycles. The minimum atomic E-state index is -0.642. The van der Waals surface area contributed by atoms with E-state index in [2.05, 4.69) is 175 Å². The van der Waals surface area contributed by atoms with Crippen molar-refractivity contribution in [2.75, 3.05) is 101 Å². The SMILES string of the molecule is [C-]#[N+]/C(C#N)=C1C=C(/C=C/c2ccc(N(C)C)c(CC)c2)OC(C)C\1.[C-]#[N+]/C(C#N)=C1C=C(/C=C/c2ccc(N(C)C)c(CC)c2)OC(c2ccccc2)C\1.[C-]#[N+]/C(C#N)=C1C=C(/C=C/c2ccc(N(C)C)c(CC)c2)OCC\1.[C-]#[N+]/C(C#N)=C1C=C(/C=C/c2ccc3c(c2)CCCN3C)OC(C)(C)C\1.[C-]#[N+]/C(C#N)=C1C=C(/C=C/c2ccc3c(c2)CCCN3C)OC(C)(c2ccccc2)C\1. The summed E-state index contributed by atoms with van der Waals surface area (Å²) in [5.41, 5.74) is 23.7. The molecule has 14 rings (SSSR count). The zero-order valence-corrected chi connectivity index (χ0v) is 80.6. The molecule has 0 radical (unpaired) electrons. The van der Waals surface area contributed by atoms with Gasteiger partial charge < -0.3 is 48.2 Å². The van der Waals surface area contributed by atoms with Gasteiger partial charge in [-0.05, 0) is 295 Å². The van der Waals surface area contributed by atoms with Gasteiger partial charge in [-0.2, -0.15) is 0 Å². The van der Waals surface area contributed by atoms with E-state index >= 15 is 0 Å². The van der Waals surface area contributed by atoms with E-state index in [0.29, 0.717) is 78.7 Å². The molecule has 7 aromatic carbocycles. The van der Waals surface area contributed by atoms with Crippen molar-refractivity contribution in [1.29, 1.82) is 26.3 Å². The number of hydrogen-bond acceptors (Lipinski definition) is 15. The van der Waals surface area contributed by atoms with Crippen LogP contribution in [0.25, 0.3) is 54.6 Å². The quantitative estimate of drug-likeness (QED) is 0.0579. The van der Waals surface area contributed by atoms with Gasteiger partial charge in [0.2, 0.25) is 0 Å². The third-order valence-corrected chi connectivity index (χ3v) is 23.8. The molecular formula is C116H117N15O5. The van der Waals surface area contributed by atoms with Crippen LogP contribution in [0.2, 0.25) is 0 Å². The Morgan fingerprint density at radius 1 is 0.412 bits per heavy atom. The molecule has 7 aliphatic heterocycles. The average Bonchev–Trinajstić information content (AvgIpc) is 0.781. The second kappa shape index (κ2) is 49.1. The normalized spacial score (nSPS) is 19.1. The molecule has 0 spiro atoms. The van der Waals surface area contributed by atoms with Crippen LogP contribution in [0.3, 0.4) is 0 Å². The van der Waals surface area contributed by atoms with E-state index in [-0.39, 0.29) is 40.7 Å². The summed E-state index contributed by atoms with van der Waals surface area (Å²) in [5, 5.41) is 46.0. The number of rotatable bonds is 18. The molecule has 0 amide bonds. The summed E-state index contributed by atoms with van der Waals surface area (Å²) < 4.78 is 30.0. The van der Waals surface area contributed by atoms with Crippen LogP contribution >= 0.6 is 0 Å². The van der Waals surface area contributed by atoms with Crippen molar-refractivity contribution in [3.8, 4) is 30.3 Å². The monoisotopic (exact) mass is 1800 g/mol. The Morgan fingerprint density at radius 2 is 0.772 bits per heavy atom. The lowest BCUT2D eigenvalue weighted by atomic mass is 9.85. The number of benzene rings is 7. The summed E-state index contributed by atoms with van der Waals surface area (Å²) in [6, 6.07) is 62.0. The number of anilines is 5. The Labute approximate surface area is 805 Å². The van der Waals surface area contributed by atoms with Crippen LogP contribution in [-0.4, -0.2) is 87.8 Å². The molecule has 3 atom stereocenters. The van der Waals surface area contributed by atoms with Crippen molar-refractivity contribution in [2.45, 2.75) is 149 Å². The number of nitriles is 5. The standard InChI is InChI=1S/C27H25N3O.C26H25N3O.C22H23N3O.C21H23N3O.C20H21N3O/c1-27(23-9-5-4-6-10-23)18-22(25(19-28)29-2)17-24(31-27)13-11-20-12-14-26-21(16-20)8-7-15-30(26)3;1-5-20-15-19(12-14-25(20)29(3)4)11-13-23-16-22(24(18-27)28-2)17-26(30-23)21-9-7-6-8-10-21;1-22(2)14-18(20(15-23)24-3)13-19(26-22)9-7-16-8-10-21-17(12-16)6-5-11-25(21)4;1-6-17-12-16(8-10-21(17)24(4)5)7-9-19-13-18(11-15(2)25-19)20(14-22)23-3;1-5-16-12-15(7-9-20(16)23(3)4)6-8-18-13-17(10-11-24-18)19(14-21)22-2/h4-6,9-14,16-17H,7-8,15,18H2,1,3H3;6-16,26H,5,17H2,1,3-4H3;7-10,12-13H,5-6,11,14H2,1-2,4H3;7-10,12-13,15H,6,11H2,1-2,4-5H3;6-9,12-13H,5,10-11H2,1,3-4H3/b13-11+,25-22+;13-11+,24-22+;9-7+,20-18+;9-7+,20-18-;8-6+,19-17-. The first kappa shape index (κ1) is 102. The van der Waals surface area contributed by atoms with E-state index in [1.807, 2.05) is 234 Å². The van der Waals surface area contributed by atoms with Gasteiger partial charge in [-0.25, -0.2) is 50.5 Å². The van der Waals surface area contributed by atoms with Crippen LogP contribution < -0.4 is 24.5 Å². The predicted molar refractivity (Wildman–Crippen MR) is 548 cm³/mol. The zero-order chi connectivity index (χ0) is 98.0. The van der Waals surface area contributed by atoms with Gasteiger partial charge in [-0.15, -0.1) is 0 Å². The van der Waals surface area contributed by atoms with E-state index in [4.69, 9.17) is 72.3 Å². The number of fused-ring (bicyclic) bond motifs is 2. The molecule has 0 bridgehead atoms. The topological polar surface area (TPSA) is 203 Å². The third kappa shape index (κ3) is 27.8. The molecule has 7 aliphatic rings. The molecular weight excluding hydrogens is 1680 g/mol. The average molecular weight is 1800 g/mol. The molecule has 0 N–H and O–H groups in total. The molecule has 0 aromatic heterocycles. The fourth-order valence-corrected chi connectivity index (χ4v) is 17.0. The largest absolute Gasteiger partial charge is 0.493 e. The lowest BCUT2D eigenvalue weighted by Gasteiger charge is -2.36. The van der Waals surface area contributed by atoms with Crippen LogP contribution in [0.1, 0.15) is 166 Å². The molecule has 7 aromatic rings. The van der Waals surface area contributed by atoms with Crippen LogP contribution in [-0.2, 0) is 61.4 Å². The molecule has 686 valence electrons. The van der Waals surface area contributed by atoms with Crippen LogP contribution in [0.4, 0.5) is 28.4 Å². The van der Waals surface area contributed by atoms with E-state index in [0.717, 1.165) is 101 Å². The molecule has 0 fully saturated rings.